The third-order valence-corrected chi connectivity index (χ3v) is 3.98. The molecule has 100 valence electrons. The summed E-state index contributed by atoms with van der Waals surface area (Å²) in [4.78, 5) is 25.4. The average molecular weight is 262 g/mol. The molecule has 1 heterocycles. The van der Waals surface area contributed by atoms with Crippen molar-refractivity contribution in [1.82, 2.24) is 10.2 Å². The Bertz CT molecular complexity index is 556. The molecular formula is C14H15FN2O2. The molecule has 3 amide bonds. The van der Waals surface area contributed by atoms with Crippen LogP contribution >= 0.6 is 0 Å². The lowest BCUT2D eigenvalue weighted by atomic mass is 9.96. The Morgan fingerprint density at radius 3 is 2.68 bits per heavy atom. The fourth-order valence-electron chi connectivity index (χ4n) is 2.59. The van der Waals surface area contributed by atoms with E-state index in [4.69, 9.17) is 0 Å². The standard InChI is InChI=1S/C14H15FN2O2/c1-14(10-6-7-10)12(18)17(13(19)16-14)8-9-4-2-3-5-11(9)15/h2-5,10H,6-8H2,1H3,(H,16,19). The summed E-state index contributed by atoms with van der Waals surface area (Å²) >= 11 is 0. The highest BCUT2D eigenvalue weighted by Gasteiger charge is 2.55. The van der Waals surface area contributed by atoms with E-state index in [-0.39, 0.29) is 18.4 Å². The van der Waals surface area contributed by atoms with Crippen molar-refractivity contribution in [3.63, 3.8) is 0 Å². The van der Waals surface area contributed by atoms with E-state index in [1.165, 1.54) is 6.07 Å². The molecular weight excluding hydrogens is 247 g/mol. The molecule has 1 saturated heterocycles. The summed E-state index contributed by atoms with van der Waals surface area (Å²) in [5, 5.41) is 2.75. The maximum Gasteiger partial charge on any atom is 0.325 e. The molecule has 0 aromatic heterocycles. The quantitative estimate of drug-likeness (QED) is 0.847. The molecule has 1 aromatic rings. The second-order valence-corrected chi connectivity index (χ2v) is 5.39. The van der Waals surface area contributed by atoms with Crippen LogP contribution in [0.2, 0.25) is 0 Å². The summed E-state index contributed by atoms with van der Waals surface area (Å²) in [5.74, 6) is -0.430. The van der Waals surface area contributed by atoms with Crippen molar-refractivity contribution in [2.45, 2.75) is 31.8 Å². The van der Waals surface area contributed by atoms with Gasteiger partial charge in [0.15, 0.2) is 0 Å². The van der Waals surface area contributed by atoms with Crippen LogP contribution in [0, 0.1) is 11.7 Å². The van der Waals surface area contributed by atoms with Crippen LogP contribution in [0.15, 0.2) is 24.3 Å². The van der Waals surface area contributed by atoms with Gasteiger partial charge in [0, 0.05) is 5.56 Å². The SMILES string of the molecule is CC1(C2CC2)NC(=O)N(Cc2ccccc2F)C1=O. The first kappa shape index (κ1) is 12.1. The van der Waals surface area contributed by atoms with Crippen LogP contribution in [0.4, 0.5) is 9.18 Å². The largest absolute Gasteiger partial charge is 0.325 e. The fraction of sp³-hybridized carbons (Fsp3) is 0.429. The third-order valence-electron chi connectivity index (χ3n) is 3.98. The zero-order valence-corrected chi connectivity index (χ0v) is 10.6. The average Bonchev–Trinajstić information content (AvgIpc) is 3.18. The molecule has 4 nitrogen and oxygen atoms in total. The molecule has 1 unspecified atom stereocenters. The zero-order chi connectivity index (χ0) is 13.6. The Labute approximate surface area is 110 Å². The molecule has 1 atom stereocenters. The first-order valence-electron chi connectivity index (χ1n) is 6.40. The normalized spacial score (nSPS) is 26.7. The van der Waals surface area contributed by atoms with Gasteiger partial charge in [-0.05, 0) is 31.7 Å². The molecule has 0 radical (unpaired) electrons. The molecule has 19 heavy (non-hydrogen) atoms. The summed E-state index contributed by atoms with van der Waals surface area (Å²) in [5.41, 5.74) is -0.450. The number of urea groups is 1. The maximum atomic E-state index is 13.6. The molecule has 0 bridgehead atoms. The van der Waals surface area contributed by atoms with Gasteiger partial charge in [-0.3, -0.25) is 9.69 Å². The summed E-state index contributed by atoms with van der Waals surface area (Å²) in [6.45, 7) is 1.74. The molecule has 1 aromatic carbocycles. The van der Waals surface area contributed by atoms with Crippen molar-refractivity contribution in [3.8, 4) is 0 Å². The number of amides is 3. The van der Waals surface area contributed by atoms with E-state index in [2.05, 4.69) is 5.32 Å². The molecule has 1 aliphatic carbocycles. The minimum absolute atomic E-state index is 0.0142. The van der Waals surface area contributed by atoms with Crippen molar-refractivity contribution < 1.29 is 14.0 Å². The first-order valence-corrected chi connectivity index (χ1v) is 6.40. The molecule has 1 saturated carbocycles. The number of hydrogen-bond acceptors (Lipinski definition) is 2. The number of halogens is 1. The zero-order valence-electron chi connectivity index (χ0n) is 10.6. The predicted molar refractivity (Wildman–Crippen MR) is 66.6 cm³/mol. The summed E-state index contributed by atoms with van der Waals surface area (Å²) in [6.07, 6.45) is 1.91. The smallest absolute Gasteiger partial charge is 0.323 e. The van der Waals surface area contributed by atoms with Crippen LogP contribution < -0.4 is 5.32 Å². The van der Waals surface area contributed by atoms with Crippen LogP contribution in [0.1, 0.15) is 25.3 Å². The minimum Gasteiger partial charge on any atom is -0.323 e. The van der Waals surface area contributed by atoms with E-state index in [0.29, 0.717) is 5.56 Å². The first-order chi connectivity index (χ1) is 9.02. The third kappa shape index (κ3) is 1.89. The predicted octanol–water partition coefficient (Wildman–Crippen LogP) is 2.05. The van der Waals surface area contributed by atoms with Crippen molar-refractivity contribution in [2.75, 3.05) is 0 Å². The van der Waals surface area contributed by atoms with Gasteiger partial charge in [0.2, 0.25) is 0 Å². The highest BCUT2D eigenvalue weighted by atomic mass is 19.1. The molecule has 0 spiro atoms. The van der Waals surface area contributed by atoms with E-state index in [1.807, 2.05) is 0 Å². The van der Waals surface area contributed by atoms with Crippen molar-refractivity contribution in [3.05, 3.63) is 35.6 Å². The topological polar surface area (TPSA) is 49.4 Å². The van der Waals surface area contributed by atoms with Gasteiger partial charge >= 0.3 is 6.03 Å². The number of imide groups is 1. The maximum absolute atomic E-state index is 13.6. The lowest BCUT2D eigenvalue weighted by Crippen LogP contribution is -2.46. The van der Waals surface area contributed by atoms with Gasteiger partial charge in [0.05, 0.1) is 6.54 Å². The molecule has 5 heteroatoms. The van der Waals surface area contributed by atoms with E-state index in [0.717, 1.165) is 17.7 Å². The lowest BCUT2D eigenvalue weighted by Gasteiger charge is -2.21. The fourth-order valence-corrected chi connectivity index (χ4v) is 2.59. The monoisotopic (exact) mass is 262 g/mol. The highest BCUT2D eigenvalue weighted by molar-refractivity contribution is 6.07. The van der Waals surface area contributed by atoms with E-state index in [1.54, 1.807) is 25.1 Å². The molecule has 3 rings (SSSR count). The number of nitrogens with one attached hydrogen (secondary N) is 1. The van der Waals surface area contributed by atoms with Crippen LogP contribution in [-0.2, 0) is 11.3 Å². The van der Waals surface area contributed by atoms with Crippen LogP contribution in [0.25, 0.3) is 0 Å². The second kappa shape index (κ2) is 4.05. The Balaban J connectivity index is 1.84. The van der Waals surface area contributed by atoms with E-state index >= 15 is 0 Å². The van der Waals surface area contributed by atoms with Crippen LogP contribution in [0.5, 0.6) is 0 Å². The summed E-state index contributed by atoms with van der Waals surface area (Å²) in [7, 11) is 0. The number of benzene rings is 1. The van der Waals surface area contributed by atoms with Gasteiger partial charge in [0.1, 0.15) is 11.4 Å². The van der Waals surface area contributed by atoms with Crippen molar-refractivity contribution >= 4 is 11.9 Å². The number of carbonyl (C=O) groups excluding carboxylic acids is 2. The van der Waals surface area contributed by atoms with E-state index < -0.39 is 17.4 Å². The number of hydrogen-bond donors (Lipinski definition) is 1. The Morgan fingerprint density at radius 1 is 1.37 bits per heavy atom. The number of nitrogens with zero attached hydrogens (tertiary/aromatic N) is 1. The van der Waals surface area contributed by atoms with Gasteiger partial charge < -0.3 is 5.32 Å². The van der Waals surface area contributed by atoms with Gasteiger partial charge in [0.25, 0.3) is 5.91 Å². The van der Waals surface area contributed by atoms with Gasteiger partial charge in [-0.2, -0.15) is 0 Å². The lowest BCUT2D eigenvalue weighted by molar-refractivity contribution is -0.131. The van der Waals surface area contributed by atoms with Crippen LogP contribution in [0.3, 0.4) is 0 Å². The Morgan fingerprint density at radius 2 is 2.05 bits per heavy atom. The summed E-state index contributed by atoms with van der Waals surface area (Å²) < 4.78 is 13.6. The van der Waals surface area contributed by atoms with E-state index in [9.17, 15) is 14.0 Å². The van der Waals surface area contributed by atoms with Crippen molar-refractivity contribution in [2.24, 2.45) is 5.92 Å². The molecule has 1 aliphatic heterocycles. The van der Waals surface area contributed by atoms with Crippen molar-refractivity contribution in [1.29, 1.82) is 0 Å². The van der Waals surface area contributed by atoms with Gasteiger partial charge in [-0.25, -0.2) is 9.18 Å². The second-order valence-electron chi connectivity index (χ2n) is 5.39. The molecule has 1 N–H and O–H groups in total. The number of rotatable bonds is 3. The molecule has 2 fully saturated rings. The Hall–Kier alpha value is -1.91. The highest BCUT2D eigenvalue weighted by Crippen LogP contribution is 2.42. The number of carbonyl (C=O) groups is 2. The molecule has 2 aliphatic rings. The van der Waals surface area contributed by atoms with Crippen LogP contribution in [-0.4, -0.2) is 22.4 Å². The van der Waals surface area contributed by atoms with Gasteiger partial charge in [-0.15, -0.1) is 0 Å². The Kier molecular flexibility index (Phi) is 2.59. The summed E-state index contributed by atoms with van der Waals surface area (Å²) in [6, 6.07) is 5.76. The minimum atomic E-state index is -0.803. The van der Waals surface area contributed by atoms with Gasteiger partial charge in [-0.1, -0.05) is 18.2 Å².